The predicted octanol–water partition coefficient (Wildman–Crippen LogP) is 4.61. The van der Waals surface area contributed by atoms with Crippen LogP contribution in [0.2, 0.25) is 0 Å². The fourth-order valence-electron chi connectivity index (χ4n) is 11.1. The van der Waals surface area contributed by atoms with Gasteiger partial charge in [-0.05, 0) is 66.0 Å². The van der Waals surface area contributed by atoms with E-state index in [1.807, 2.05) is 69.2 Å². The predicted molar refractivity (Wildman–Crippen MR) is 377 cm³/mol. The van der Waals surface area contributed by atoms with Gasteiger partial charge in [-0.3, -0.25) is 87.5 Å². The summed E-state index contributed by atoms with van der Waals surface area (Å²) in [6.45, 7) is 27.1. The molecule has 0 radical (unpaired) electrons. The number of anilines is 1. The third kappa shape index (κ3) is 27.6. The second-order valence-electron chi connectivity index (χ2n) is 28.6. The summed E-state index contributed by atoms with van der Waals surface area (Å²) in [5.74, 6) is -13.0. The van der Waals surface area contributed by atoms with Crippen molar-refractivity contribution in [3.63, 3.8) is 0 Å². The molecule has 110 heavy (non-hydrogen) atoms. The molecule has 15 amide bonds. The van der Waals surface area contributed by atoms with Crippen LogP contribution in [0.3, 0.4) is 0 Å². The van der Waals surface area contributed by atoms with E-state index < -0.39 is 122 Å². The number of nitrogens with zero attached hydrogens (tertiary/aromatic N) is 7. The number of hydrogen-bond acceptors (Lipinski definition) is 29. The number of likely N-dealkylation sites (tertiary alicyclic amines) is 2. The average molecular weight is 1810 g/mol. The number of rotatable bonds is 27. The Kier molecular flexibility index (Phi) is 37.4. The van der Waals surface area contributed by atoms with Gasteiger partial charge in [-0.25, -0.2) is 24.0 Å². The molecular formula is C71H97N8O28S2U-. The summed E-state index contributed by atoms with van der Waals surface area (Å²) >= 11 is 1.50. The summed E-state index contributed by atoms with van der Waals surface area (Å²) in [5, 5.41) is 3.55. The van der Waals surface area contributed by atoms with Crippen molar-refractivity contribution in [1.29, 1.82) is 0 Å². The quantitative estimate of drug-likeness (QED) is 0.0713. The number of nitrogens with one attached hydrogen (secondary N) is 1. The molecule has 36 nitrogen and oxygen atoms in total. The van der Waals surface area contributed by atoms with Crippen molar-refractivity contribution >= 4 is 146 Å². The van der Waals surface area contributed by atoms with Crippen LogP contribution in [0.25, 0.3) is 0 Å². The number of hydroxylamine groups is 10. The van der Waals surface area contributed by atoms with Gasteiger partial charge in [0.05, 0.1) is 25.5 Å². The maximum atomic E-state index is 12.3. The first-order valence-electron chi connectivity index (χ1n) is 35.5. The molecule has 0 aromatic heterocycles. The fourth-order valence-corrected chi connectivity index (χ4v) is 13.5. The average Bonchev–Trinajstić information content (AvgIpc) is 1.17. The Bertz CT molecular complexity index is 3790. The molecule has 606 valence electrons. The van der Waals surface area contributed by atoms with Crippen molar-refractivity contribution in [2.75, 3.05) is 25.5 Å². The Labute approximate surface area is 665 Å². The minimum Gasteiger partial charge on any atom is -0.333 e. The van der Waals surface area contributed by atoms with Gasteiger partial charge in [-0.15, -0.1) is 25.3 Å². The van der Waals surface area contributed by atoms with E-state index in [-0.39, 0.29) is 208 Å². The first kappa shape index (κ1) is 95.4. The van der Waals surface area contributed by atoms with Crippen LogP contribution < -0.4 is 5.32 Å². The monoisotopic (exact) mass is 1810 g/mol. The first-order valence-corrected chi connectivity index (χ1v) is 37.9. The largest absolute Gasteiger partial charge is 0.363 e. The molecule has 7 heterocycles. The van der Waals surface area contributed by atoms with Crippen molar-refractivity contribution in [2.24, 2.45) is 59.2 Å². The Morgan fingerprint density at radius 2 is 0.891 bits per heavy atom. The van der Waals surface area contributed by atoms with Gasteiger partial charge in [0.15, 0.2) is 5.25 Å². The molecule has 39 heteroatoms. The van der Waals surface area contributed by atoms with Crippen LogP contribution in [0, 0.1) is 96.7 Å². The molecule has 0 aliphatic carbocycles. The third-order valence-corrected chi connectivity index (χ3v) is 19.8. The smallest absolute Gasteiger partial charge is 0.333 e. The van der Waals surface area contributed by atoms with Gasteiger partial charge in [-0.2, -0.15) is 20.2 Å². The Hall–Kier alpha value is -8.80. The van der Waals surface area contributed by atoms with E-state index in [0.29, 0.717) is 37.4 Å². The number of amides is 15. The Balaban J connectivity index is 0.000000358. The molecule has 8 rings (SSSR count). The second-order valence-corrected chi connectivity index (χ2v) is 32.5. The molecule has 1 aromatic rings. The maximum Gasteiger partial charge on any atom is 0.363 e. The van der Waals surface area contributed by atoms with Crippen molar-refractivity contribution in [1.82, 2.24) is 35.1 Å². The summed E-state index contributed by atoms with van der Waals surface area (Å²) in [4.78, 5) is 260. The van der Waals surface area contributed by atoms with Crippen molar-refractivity contribution in [2.45, 2.75) is 203 Å². The first-order chi connectivity index (χ1) is 50.7. The number of carbonyl (C=O) groups excluding carboxylic acids is 20. The normalized spacial score (nSPS) is 21.0. The molecule has 1 aromatic carbocycles. The molecule has 0 saturated carbocycles. The molecule has 7 fully saturated rings. The standard InChI is InChI=1S/C17H20N2O5.C15H20N2O6.C15H19N2O6.C14H23NO7S2.C10H15NO4.U/c1-10(2)8-14(20)18-13-6-4-12(5-7-13)17(23)24-19-15(21)9-11(3)16(19)22;1-8(2)10-7-11(18)16(15(10)22)5-4-13(20)23-17-12(19)6-9(3)14(17)21;1-9(2)10-8-13(20)16(15(10)22)7-3-4-14(21)23-17-11(18)5-6-12(17)19;1-8(2)23-10(4)7-11(24(19,20)21-5)14(18)22-15-12(16)6-9(3)13(15)17;1-6(2)4-9(13)15-11-8(12)5-7(3)10(11)14;/h4-7,10-11H,8-9H2,1-3H3,(H,18,20);8-10H,4-7H2,1-3H3;5,9-10H,3-4,6-8H2,1-2H3;8-11H,6-7H2,1-5H3;6-7H,4-5H2,1-3H3;/q;;-1;;;. The van der Waals surface area contributed by atoms with E-state index in [1.54, 1.807) is 39.8 Å². The van der Waals surface area contributed by atoms with Gasteiger partial charge in [0, 0.05) is 142 Å². The molecule has 8 atom stereocenters. The molecule has 7 aliphatic rings. The molecular weight excluding hydrogens is 1710 g/mol. The number of thioether (sulfide) groups is 1. The summed E-state index contributed by atoms with van der Waals surface area (Å²) < 4.78 is 28.5. The third-order valence-electron chi connectivity index (χ3n) is 17.1. The Morgan fingerprint density at radius 1 is 0.491 bits per heavy atom. The van der Waals surface area contributed by atoms with E-state index in [1.165, 1.54) is 30.8 Å². The number of hydrogen-bond donors (Lipinski definition) is 1. The van der Waals surface area contributed by atoms with Crippen molar-refractivity contribution in [3.8, 4) is 0 Å². The van der Waals surface area contributed by atoms with Crippen LogP contribution in [0.1, 0.15) is 198 Å². The number of carbonyl (C=O) groups is 20. The summed E-state index contributed by atoms with van der Waals surface area (Å²) in [6.07, 6.45) is 1.90. The minimum absolute atomic E-state index is 0. The van der Waals surface area contributed by atoms with Crippen LogP contribution >= 0.6 is 11.8 Å². The Morgan fingerprint density at radius 3 is 1.26 bits per heavy atom. The van der Waals surface area contributed by atoms with E-state index in [9.17, 15) is 104 Å². The van der Waals surface area contributed by atoms with Crippen LogP contribution in [-0.4, -0.2) is 198 Å². The molecule has 8 unspecified atom stereocenters. The van der Waals surface area contributed by atoms with Gasteiger partial charge in [0.1, 0.15) is 5.91 Å². The summed E-state index contributed by atoms with van der Waals surface area (Å²) in [5.41, 5.74) is 0.733. The van der Waals surface area contributed by atoms with Crippen LogP contribution in [0.4, 0.5) is 5.69 Å². The molecule has 0 spiro atoms. The zero-order valence-electron chi connectivity index (χ0n) is 64.4. The second kappa shape index (κ2) is 43.1. The molecule has 7 aliphatic heterocycles. The fraction of sp³-hybridized carbons (Fsp3) is 0.620. The van der Waals surface area contributed by atoms with Gasteiger partial charge >= 0.3 is 29.8 Å². The van der Waals surface area contributed by atoms with E-state index in [0.717, 1.165) is 23.3 Å². The number of benzene rings is 1. The van der Waals surface area contributed by atoms with Gasteiger partial charge in [0.2, 0.25) is 35.4 Å². The van der Waals surface area contributed by atoms with Gasteiger partial charge < -0.3 is 34.3 Å². The SMILES string of the molecule is CC(C)C1CC(=O)N(CCCC(=O)ON2C(=O)[CH-]CC2=O)C1=O.CC(C)CC(=O)Nc1ccc(C(=O)ON2C(=O)CC(C)C2=O)cc1.CC(C)CC(=O)ON1C(=O)CC(C)C1=O.CC1CC(=O)N(OC(=O)CCN2C(=O)CC(C(C)C)C2=O)C1=O.COS(=O)(=O)C(CC(C)SC(C)C)C(=O)ON1C(=O)CC(C)C1=O.[U]. The number of imide groups is 7. The topological polar surface area (TPSA) is 466 Å². The molecule has 1 N–H and O–H groups in total. The summed E-state index contributed by atoms with van der Waals surface area (Å²) in [7, 11) is -3.27. The minimum atomic E-state index is -4.22. The molecule has 7 saturated heterocycles. The maximum absolute atomic E-state index is 12.3. The molecule has 0 bridgehead atoms. The van der Waals surface area contributed by atoms with E-state index in [2.05, 4.69) is 14.3 Å². The van der Waals surface area contributed by atoms with Crippen molar-refractivity contribution < 1.29 is 164 Å². The van der Waals surface area contributed by atoms with E-state index >= 15 is 0 Å². The van der Waals surface area contributed by atoms with Gasteiger partial charge in [0.25, 0.3) is 57.4 Å². The zero-order chi connectivity index (χ0) is 82.5. The van der Waals surface area contributed by atoms with Gasteiger partial charge in [-0.1, -0.05) is 110 Å². The zero-order valence-corrected chi connectivity index (χ0v) is 70.2. The van der Waals surface area contributed by atoms with Crippen molar-refractivity contribution in [3.05, 3.63) is 36.2 Å². The van der Waals surface area contributed by atoms with E-state index in [4.69, 9.17) is 19.4 Å². The van der Waals surface area contributed by atoms with Crippen LogP contribution in [0.5, 0.6) is 0 Å². The van der Waals surface area contributed by atoms with Crippen LogP contribution in [0.15, 0.2) is 24.3 Å². The van der Waals surface area contributed by atoms with Crippen LogP contribution in [-0.2, 0) is 130 Å². The summed E-state index contributed by atoms with van der Waals surface area (Å²) in [6, 6.07) is 6.04.